The molecule has 5 rings (SSSR count). The van der Waals surface area contributed by atoms with Crippen LogP contribution in [0.4, 0.5) is 0 Å². The van der Waals surface area contributed by atoms with Crippen molar-refractivity contribution in [3.8, 4) is 17.2 Å². The summed E-state index contributed by atoms with van der Waals surface area (Å²) in [4.78, 5) is 24.8. The first-order valence-corrected chi connectivity index (χ1v) is 9.33. The second-order valence-corrected chi connectivity index (χ2v) is 6.99. The van der Waals surface area contributed by atoms with E-state index < -0.39 is 5.97 Å². The molecule has 7 nitrogen and oxygen atoms in total. The number of ether oxygens (including phenoxy) is 4. The highest BCUT2D eigenvalue weighted by Crippen LogP contribution is 2.38. The Morgan fingerprint density at radius 1 is 1.17 bits per heavy atom. The van der Waals surface area contributed by atoms with Crippen LogP contribution in [0.3, 0.4) is 0 Å². The number of allylic oxidation sites excluding steroid dienone is 1. The smallest absolute Gasteiger partial charge is 0.379 e. The van der Waals surface area contributed by atoms with Gasteiger partial charge >= 0.3 is 5.97 Å². The van der Waals surface area contributed by atoms with Gasteiger partial charge in [-0.05, 0) is 42.5 Å². The molecule has 1 aromatic heterocycles. The van der Waals surface area contributed by atoms with Gasteiger partial charge in [-0.1, -0.05) is 11.6 Å². The van der Waals surface area contributed by atoms with Gasteiger partial charge < -0.3 is 23.4 Å². The molecule has 0 fully saturated rings. The molecule has 0 radical (unpaired) electrons. The zero-order valence-corrected chi connectivity index (χ0v) is 16.1. The first-order chi connectivity index (χ1) is 14.6. The van der Waals surface area contributed by atoms with Crippen LogP contribution in [0.5, 0.6) is 17.2 Å². The highest BCUT2D eigenvalue weighted by Gasteiger charge is 2.29. The fourth-order valence-corrected chi connectivity index (χ4v) is 3.49. The fourth-order valence-electron chi connectivity index (χ4n) is 3.24. The number of fused-ring (bicyclic) bond motifs is 2. The Morgan fingerprint density at radius 3 is 2.90 bits per heavy atom. The maximum atomic E-state index is 12.8. The van der Waals surface area contributed by atoms with Gasteiger partial charge in [0.15, 0.2) is 12.6 Å². The van der Waals surface area contributed by atoms with E-state index in [2.05, 4.69) is 0 Å². The van der Waals surface area contributed by atoms with Crippen molar-refractivity contribution in [2.45, 2.75) is 6.61 Å². The summed E-state index contributed by atoms with van der Waals surface area (Å²) >= 11 is 6.18. The molecule has 30 heavy (non-hydrogen) atoms. The largest absolute Gasteiger partial charge is 0.467 e. The normalized spacial score (nSPS) is 15.9. The molecule has 2 aromatic carbocycles. The molecule has 3 heterocycles. The van der Waals surface area contributed by atoms with Crippen molar-refractivity contribution in [1.82, 2.24) is 0 Å². The molecule has 3 aromatic rings. The van der Waals surface area contributed by atoms with Crippen LogP contribution in [-0.2, 0) is 11.3 Å². The molecule has 150 valence electrons. The molecule has 0 unspecified atom stereocenters. The predicted molar refractivity (Wildman–Crippen MR) is 105 cm³/mol. The van der Waals surface area contributed by atoms with E-state index in [9.17, 15) is 9.59 Å². The number of benzene rings is 2. The van der Waals surface area contributed by atoms with Crippen LogP contribution in [0.15, 0.2) is 58.9 Å². The zero-order valence-electron chi connectivity index (χ0n) is 15.3. The van der Waals surface area contributed by atoms with Crippen molar-refractivity contribution in [2.75, 3.05) is 6.79 Å². The highest BCUT2D eigenvalue weighted by atomic mass is 35.5. The molecule has 2 aliphatic heterocycles. The van der Waals surface area contributed by atoms with Gasteiger partial charge in [0.2, 0.25) is 11.5 Å². The summed E-state index contributed by atoms with van der Waals surface area (Å²) in [7, 11) is 0. The third-order valence-corrected chi connectivity index (χ3v) is 4.78. The number of furan rings is 1. The molecule has 2 aliphatic rings. The molecular weight excluding hydrogens is 412 g/mol. The van der Waals surface area contributed by atoms with Crippen LogP contribution in [-0.4, -0.2) is 18.5 Å². The van der Waals surface area contributed by atoms with Gasteiger partial charge in [0.25, 0.3) is 0 Å². The fraction of sp³-hybridized carbons (Fsp3) is 0.0909. The molecule has 0 atom stereocenters. The van der Waals surface area contributed by atoms with Crippen LogP contribution in [0.2, 0.25) is 5.02 Å². The number of hydrogen-bond acceptors (Lipinski definition) is 7. The average molecular weight is 425 g/mol. The number of carbonyl (C=O) groups is 2. The zero-order chi connectivity index (χ0) is 20.7. The van der Waals surface area contributed by atoms with Crippen molar-refractivity contribution in [3.63, 3.8) is 0 Å². The number of hydrogen-bond donors (Lipinski definition) is 0. The van der Waals surface area contributed by atoms with Gasteiger partial charge in [0.05, 0.1) is 18.4 Å². The van der Waals surface area contributed by atoms with Crippen LogP contribution >= 0.6 is 11.6 Å². The third-order valence-electron chi connectivity index (χ3n) is 4.56. The van der Waals surface area contributed by atoms with Crippen molar-refractivity contribution in [3.05, 3.63) is 82.0 Å². The van der Waals surface area contributed by atoms with E-state index in [1.54, 1.807) is 30.3 Å². The van der Waals surface area contributed by atoms with Crippen molar-refractivity contribution in [1.29, 1.82) is 0 Å². The molecule has 0 bridgehead atoms. The summed E-state index contributed by atoms with van der Waals surface area (Å²) in [6, 6.07) is 11.1. The lowest BCUT2D eigenvalue weighted by Crippen LogP contribution is -2.12. The first kappa shape index (κ1) is 18.5. The van der Waals surface area contributed by atoms with E-state index >= 15 is 0 Å². The van der Waals surface area contributed by atoms with Gasteiger partial charge in [0.1, 0.15) is 17.2 Å². The standard InChI is InChI=1S/C22H13ClO7/c23-14-6-12(21-13(7-14)10-26-11-28-21)8-19-20(24)16-4-3-15(9-18(16)30-19)29-22(25)17-2-1-5-27-17/h1-9H,10-11H2/b19-8-. The highest BCUT2D eigenvalue weighted by molar-refractivity contribution is 6.31. The Balaban J connectivity index is 1.43. The average Bonchev–Trinajstić information content (AvgIpc) is 3.37. The van der Waals surface area contributed by atoms with Crippen molar-refractivity contribution in [2.24, 2.45) is 0 Å². The topological polar surface area (TPSA) is 84.2 Å². The van der Waals surface area contributed by atoms with Gasteiger partial charge in [-0.15, -0.1) is 0 Å². The molecule has 0 N–H and O–H groups in total. The van der Waals surface area contributed by atoms with E-state index in [4.69, 9.17) is 35.0 Å². The number of Topliss-reactive ketones (excluding diaryl/α,β-unsaturated/α-hetero) is 1. The minimum absolute atomic E-state index is 0.0720. The first-order valence-electron chi connectivity index (χ1n) is 8.95. The SMILES string of the molecule is O=C(Oc1ccc2c(c1)O/C(=C\c1cc(Cl)cc3c1OCOC3)C2=O)c1ccco1. The minimum atomic E-state index is -0.648. The lowest BCUT2D eigenvalue weighted by atomic mass is 10.1. The van der Waals surface area contributed by atoms with Gasteiger partial charge in [-0.2, -0.15) is 0 Å². The maximum absolute atomic E-state index is 12.8. The Labute approximate surface area is 175 Å². The molecule has 0 saturated carbocycles. The summed E-state index contributed by atoms with van der Waals surface area (Å²) in [5.74, 6) is 0.348. The van der Waals surface area contributed by atoms with Crippen LogP contribution in [0, 0.1) is 0 Å². The summed E-state index contributed by atoms with van der Waals surface area (Å²) < 4.78 is 26.9. The van der Waals surface area contributed by atoms with Crippen LogP contribution in [0.1, 0.15) is 32.0 Å². The summed E-state index contributed by atoms with van der Waals surface area (Å²) in [6.07, 6.45) is 2.95. The third kappa shape index (κ3) is 3.34. The number of rotatable bonds is 3. The Hall–Kier alpha value is -3.55. The van der Waals surface area contributed by atoms with E-state index in [0.717, 1.165) is 5.56 Å². The monoisotopic (exact) mass is 424 g/mol. The predicted octanol–water partition coefficient (Wildman–Crippen LogP) is 4.63. The molecule has 0 aliphatic carbocycles. The second kappa shape index (κ2) is 7.37. The number of halogens is 1. The molecule has 0 saturated heterocycles. The molecule has 0 amide bonds. The van der Waals surface area contributed by atoms with E-state index in [1.807, 2.05) is 0 Å². The van der Waals surface area contributed by atoms with Gasteiger partial charge in [-0.25, -0.2) is 4.79 Å². The van der Waals surface area contributed by atoms with Crippen LogP contribution in [0.25, 0.3) is 6.08 Å². The number of carbonyl (C=O) groups excluding carboxylic acids is 2. The molecule has 0 spiro atoms. The molecule has 8 heteroatoms. The minimum Gasteiger partial charge on any atom is -0.467 e. The number of esters is 1. The second-order valence-electron chi connectivity index (χ2n) is 6.56. The Kier molecular flexibility index (Phi) is 4.54. The summed E-state index contributed by atoms with van der Waals surface area (Å²) in [6.45, 7) is 0.482. The maximum Gasteiger partial charge on any atom is 0.379 e. The lowest BCUT2D eigenvalue weighted by molar-refractivity contribution is -0.0165. The lowest BCUT2D eigenvalue weighted by Gasteiger charge is -2.20. The molecular formula is C22H13ClO7. The van der Waals surface area contributed by atoms with E-state index in [1.165, 1.54) is 24.5 Å². The van der Waals surface area contributed by atoms with E-state index in [0.29, 0.717) is 28.5 Å². The summed E-state index contributed by atoms with van der Waals surface area (Å²) in [5.41, 5.74) is 1.76. The Bertz CT molecular complexity index is 1190. The van der Waals surface area contributed by atoms with Crippen LogP contribution < -0.4 is 14.2 Å². The summed E-state index contributed by atoms with van der Waals surface area (Å²) in [5, 5.41) is 0.491. The van der Waals surface area contributed by atoms with Crippen molar-refractivity contribution >= 4 is 29.4 Å². The number of ketones is 1. The van der Waals surface area contributed by atoms with Gasteiger partial charge in [0, 0.05) is 22.2 Å². The van der Waals surface area contributed by atoms with Gasteiger partial charge in [-0.3, -0.25) is 4.79 Å². The van der Waals surface area contributed by atoms with E-state index in [-0.39, 0.29) is 35.6 Å². The Morgan fingerprint density at radius 2 is 2.07 bits per heavy atom. The quantitative estimate of drug-likeness (QED) is 0.344. The van der Waals surface area contributed by atoms with Crippen molar-refractivity contribution < 1.29 is 33.0 Å².